The molecule has 0 bridgehead atoms. The molecule has 1 heterocycles. The molecule has 0 saturated carbocycles. The molecule has 5 heteroatoms. The number of amides is 1. The summed E-state index contributed by atoms with van der Waals surface area (Å²) < 4.78 is 5.30. The zero-order chi connectivity index (χ0) is 14.4. The van der Waals surface area contributed by atoms with Crippen LogP contribution >= 0.6 is 0 Å². The monoisotopic (exact) mass is 277 g/mol. The highest BCUT2D eigenvalue weighted by Gasteiger charge is 2.11. The molecule has 0 aromatic heterocycles. The van der Waals surface area contributed by atoms with E-state index in [4.69, 9.17) is 10.5 Å². The molecule has 1 aromatic rings. The molecule has 3 N–H and O–H groups in total. The van der Waals surface area contributed by atoms with Crippen LogP contribution in [0.1, 0.15) is 18.4 Å². The predicted molar refractivity (Wildman–Crippen MR) is 80.7 cm³/mol. The van der Waals surface area contributed by atoms with Crippen LogP contribution in [0.2, 0.25) is 0 Å². The van der Waals surface area contributed by atoms with Gasteiger partial charge in [0.15, 0.2) is 0 Å². The van der Waals surface area contributed by atoms with E-state index in [9.17, 15) is 4.79 Å². The molecule has 0 unspecified atom stereocenters. The smallest absolute Gasteiger partial charge is 0.224 e. The van der Waals surface area contributed by atoms with Gasteiger partial charge in [0.2, 0.25) is 5.91 Å². The van der Waals surface area contributed by atoms with Gasteiger partial charge in [-0.2, -0.15) is 0 Å². The Morgan fingerprint density at radius 3 is 2.85 bits per heavy atom. The lowest BCUT2D eigenvalue weighted by molar-refractivity contribution is -0.116. The highest BCUT2D eigenvalue weighted by atomic mass is 16.5. The SMILES string of the molecule is Cc1cc(N)ccc1NC(=O)CCCN1CCOCC1. The standard InChI is InChI=1S/C15H23N3O2/c1-12-11-13(16)4-5-14(12)17-15(19)3-2-6-18-7-9-20-10-8-18/h4-5,11H,2-3,6-10,16H2,1H3,(H,17,19). The molecular formula is C15H23N3O2. The number of anilines is 2. The summed E-state index contributed by atoms with van der Waals surface area (Å²) in [5, 5.41) is 2.94. The normalized spacial score (nSPS) is 16.1. The third-order valence-electron chi connectivity index (χ3n) is 3.51. The number of morpholine rings is 1. The molecule has 1 amide bonds. The number of nitrogens with one attached hydrogen (secondary N) is 1. The van der Waals surface area contributed by atoms with Gasteiger partial charge in [0.25, 0.3) is 0 Å². The maximum atomic E-state index is 11.9. The van der Waals surface area contributed by atoms with Gasteiger partial charge in [0.05, 0.1) is 13.2 Å². The molecule has 1 aromatic carbocycles. The summed E-state index contributed by atoms with van der Waals surface area (Å²) in [6.07, 6.45) is 1.42. The lowest BCUT2D eigenvalue weighted by Gasteiger charge is -2.26. The average Bonchev–Trinajstić information content (AvgIpc) is 2.43. The van der Waals surface area contributed by atoms with Crippen molar-refractivity contribution in [3.8, 4) is 0 Å². The summed E-state index contributed by atoms with van der Waals surface area (Å²) in [6, 6.07) is 5.52. The molecule has 0 spiro atoms. The fourth-order valence-electron chi connectivity index (χ4n) is 2.33. The van der Waals surface area contributed by atoms with Crippen molar-refractivity contribution in [2.24, 2.45) is 0 Å². The summed E-state index contributed by atoms with van der Waals surface area (Å²) in [6.45, 7) is 6.45. The van der Waals surface area contributed by atoms with Crippen LogP contribution in [0.15, 0.2) is 18.2 Å². The minimum atomic E-state index is 0.0612. The van der Waals surface area contributed by atoms with E-state index in [-0.39, 0.29) is 5.91 Å². The van der Waals surface area contributed by atoms with Crippen molar-refractivity contribution in [3.63, 3.8) is 0 Å². The molecule has 2 rings (SSSR count). The summed E-state index contributed by atoms with van der Waals surface area (Å²) in [5.74, 6) is 0.0612. The van der Waals surface area contributed by atoms with Gasteiger partial charge in [-0.1, -0.05) is 0 Å². The Bertz CT molecular complexity index is 456. The van der Waals surface area contributed by atoms with Gasteiger partial charge in [-0.05, 0) is 43.7 Å². The summed E-state index contributed by atoms with van der Waals surface area (Å²) in [5.41, 5.74) is 8.24. The van der Waals surface area contributed by atoms with Crippen molar-refractivity contribution in [2.75, 3.05) is 43.9 Å². The van der Waals surface area contributed by atoms with Gasteiger partial charge < -0.3 is 15.8 Å². The second-order valence-electron chi connectivity index (χ2n) is 5.18. The van der Waals surface area contributed by atoms with Gasteiger partial charge in [-0.25, -0.2) is 0 Å². The number of rotatable bonds is 5. The van der Waals surface area contributed by atoms with E-state index in [1.807, 2.05) is 19.1 Å². The molecule has 0 atom stereocenters. The third-order valence-corrected chi connectivity index (χ3v) is 3.51. The number of carbonyl (C=O) groups is 1. The zero-order valence-corrected chi connectivity index (χ0v) is 12.0. The first-order valence-electron chi connectivity index (χ1n) is 7.11. The Labute approximate surface area is 120 Å². The van der Waals surface area contributed by atoms with Crippen LogP contribution in [-0.2, 0) is 9.53 Å². The Kier molecular flexibility index (Phi) is 5.38. The van der Waals surface area contributed by atoms with Gasteiger partial charge in [0.1, 0.15) is 0 Å². The van der Waals surface area contributed by atoms with E-state index in [0.29, 0.717) is 12.1 Å². The van der Waals surface area contributed by atoms with E-state index in [1.54, 1.807) is 6.07 Å². The Morgan fingerprint density at radius 1 is 1.40 bits per heavy atom. The summed E-state index contributed by atoms with van der Waals surface area (Å²) in [4.78, 5) is 14.2. The summed E-state index contributed by atoms with van der Waals surface area (Å²) in [7, 11) is 0. The number of benzene rings is 1. The van der Waals surface area contributed by atoms with Crippen molar-refractivity contribution in [3.05, 3.63) is 23.8 Å². The van der Waals surface area contributed by atoms with E-state index in [1.165, 1.54) is 0 Å². The second-order valence-corrected chi connectivity index (χ2v) is 5.18. The number of ether oxygens (including phenoxy) is 1. The number of hydrogen-bond donors (Lipinski definition) is 2. The van der Waals surface area contributed by atoms with Crippen LogP contribution in [0.3, 0.4) is 0 Å². The van der Waals surface area contributed by atoms with E-state index < -0.39 is 0 Å². The minimum Gasteiger partial charge on any atom is -0.399 e. The van der Waals surface area contributed by atoms with E-state index in [0.717, 1.165) is 50.5 Å². The quantitative estimate of drug-likeness (QED) is 0.803. The fourth-order valence-corrected chi connectivity index (χ4v) is 2.33. The number of aryl methyl sites for hydroxylation is 1. The molecule has 0 aliphatic carbocycles. The van der Waals surface area contributed by atoms with Crippen molar-refractivity contribution in [2.45, 2.75) is 19.8 Å². The molecule has 1 aliphatic rings. The number of nitrogens with zero attached hydrogens (tertiary/aromatic N) is 1. The number of carbonyl (C=O) groups excluding carboxylic acids is 1. The van der Waals surface area contributed by atoms with E-state index >= 15 is 0 Å². The Hall–Kier alpha value is -1.59. The van der Waals surface area contributed by atoms with Crippen LogP contribution in [0.4, 0.5) is 11.4 Å². The van der Waals surface area contributed by atoms with Crippen molar-refractivity contribution >= 4 is 17.3 Å². The average molecular weight is 277 g/mol. The lowest BCUT2D eigenvalue weighted by Crippen LogP contribution is -2.37. The molecule has 110 valence electrons. The summed E-state index contributed by atoms with van der Waals surface area (Å²) >= 11 is 0. The van der Waals surface area contributed by atoms with Crippen LogP contribution in [-0.4, -0.2) is 43.7 Å². The van der Waals surface area contributed by atoms with Crippen molar-refractivity contribution in [1.29, 1.82) is 0 Å². The molecular weight excluding hydrogens is 254 g/mol. The highest BCUT2D eigenvalue weighted by Crippen LogP contribution is 2.17. The molecule has 1 saturated heterocycles. The van der Waals surface area contributed by atoms with Crippen LogP contribution in [0.25, 0.3) is 0 Å². The number of nitrogen functional groups attached to an aromatic ring is 1. The first-order chi connectivity index (χ1) is 9.65. The number of nitrogens with two attached hydrogens (primary N) is 1. The topological polar surface area (TPSA) is 67.6 Å². The molecule has 1 fully saturated rings. The maximum absolute atomic E-state index is 11.9. The third kappa shape index (κ3) is 4.51. The first kappa shape index (κ1) is 14.8. The molecule has 0 radical (unpaired) electrons. The Morgan fingerprint density at radius 2 is 2.15 bits per heavy atom. The van der Waals surface area contributed by atoms with Crippen LogP contribution in [0, 0.1) is 6.92 Å². The van der Waals surface area contributed by atoms with Crippen molar-refractivity contribution in [1.82, 2.24) is 4.90 Å². The largest absolute Gasteiger partial charge is 0.399 e. The van der Waals surface area contributed by atoms with Gasteiger partial charge in [-0.3, -0.25) is 9.69 Å². The van der Waals surface area contributed by atoms with Gasteiger partial charge in [0, 0.05) is 30.9 Å². The molecule has 1 aliphatic heterocycles. The van der Waals surface area contributed by atoms with Crippen LogP contribution < -0.4 is 11.1 Å². The fraction of sp³-hybridized carbons (Fsp3) is 0.533. The van der Waals surface area contributed by atoms with E-state index in [2.05, 4.69) is 10.2 Å². The number of hydrogen-bond acceptors (Lipinski definition) is 4. The minimum absolute atomic E-state index is 0.0612. The van der Waals surface area contributed by atoms with Crippen LogP contribution in [0.5, 0.6) is 0 Å². The lowest BCUT2D eigenvalue weighted by atomic mass is 10.1. The zero-order valence-electron chi connectivity index (χ0n) is 12.0. The van der Waals surface area contributed by atoms with Crippen molar-refractivity contribution < 1.29 is 9.53 Å². The highest BCUT2D eigenvalue weighted by molar-refractivity contribution is 5.91. The predicted octanol–water partition coefficient (Wildman–Crippen LogP) is 1.63. The Balaban J connectivity index is 1.72. The molecule has 20 heavy (non-hydrogen) atoms. The first-order valence-corrected chi connectivity index (χ1v) is 7.11. The molecule has 5 nitrogen and oxygen atoms in total. The van der Waals surface area contributed by atoms with Gasteiger partial charge >= 0.3 is 0 Å². The second kappa shape index (κ2) is 7.26. The maximum Gasteiger partial charge on any atom is 0.224 e. The van der Waals surface area contributed by atoms with Gasteiger partial charge in [-0.15, -0.1) is 0 Å².